The van der Waals surface area contributed by atoms with Crippen LogP contribution >= 0.6 is 11.6 Å². The predicted octanol–water partition coefficient (Wildman–Crippen LogP) is 4.30. The van der Waals surface area contributed by atoms with E-state index in [1.165, 1.54) is 16.8 Å². The minimum absolute atomic E-state index is 0.00124. The number of pyridine rings is 3. The van der Waals surface area contributed by atoms with Gasteiger partial charge in [-0.15, -0.1) is 0 Å². The second-order valence-electron chi connectivity index (χ2n) is 11.0. The highest BCUT2D eigenvalue weighted by atomic mass is 35.5. The summed E-state index contributed by atoms with van der Waals surface area (Å²) in [5, 5.41) is 14.1. The van der Waals surface area contributed by atoms with Crippen molar-refractivity contribution in [2.75, 3.05) is 43.9 Å². The van der Waals surface area contributed by atoms with Gasteiger partial charge in [0.2, 0.25) is 5.43 Å². The third-order valence-electron chi connectivity index (χ3n) is 8.61. The zero-order valence-corrected chi connectivity index (χ0v) is 23.4. The average molecular weight is 576 g/mol. The number of nitrogens with zero attached hydrogens (tertiary/aromatic N) is 5. The number of aromatic carboxylic acids is 1. The lowest BCUT2D eigenvalue weighted by Gasteiger charge is -2.29. The summed E-state index contributed by atoms with van der Waals surface area (Å²) < 4.78 is 16.7. The van der Waals surface area contributed by atoms with Crippen LogP contribution in [-0.2, 0) is 7.05 Å². The van der Waals surface area contributed by atoms with E-state index in [1.807, 2.05) is 0 Å². The van der Waals surface area contributed by atoms with Crippen LogP contribution in [0.4, 0.5) is 15.8 Å². The van der Waals surface area contributed by atoms with E-state index < -0.39 is 17.2 Å². The number of H-pyrrole nitrogens is 1. The summed E-state index contributed by atoms with van der Waals surface area (Å²) in [5.41, 5.74) is 3.35. The molecule has 2 aliphatic heterocycles. The van der Waals surface area contributed by atoms with E-state index in [2.05, 4.69) is 32.1 Å². The van der Waals surface area contributed by atoms with E-state index in [9.17, 15) is 14.7 Å². The average Bonchev–Trinajstić information content (AvgIpc) is 3.64. The van der Waals surface area contributed by atoms with Crippen LogP contribution in [-0.4, -0.2) is 75.3 Å². The maximum absolute atomic E-state index is 15.1. The number of anilines is 2. The SMILES string of the molecule is CNc1cc(F)c(Cl)c2c1[nH]c1ncc(-c3cnc4c(c3)c(=O)c(C(=O)O)cn4C)c(N3CCC4CN(C)CC43)c12. The molecule has 0 aliphatic carbocycles. The first kappa shape index (κ1) is 25.7. The number of rotatable bonds is 4. The van der Waals surface area contributed by atoms with E-state index in [1.54, 1.807) is 32.6 Å². The molecule has 7 rings (SSSR count). The van der Waals surface area contributed by atoms with Gasteiger partial charge in [0.25, 0.3) is 0 Å². The highest BCUT2D eigenvalue weighted by Crippen LogP contribution is 2.48. The molecule has 41 heavy (non-hydrogen) atoms. The number of carboxylic acids is 1. The molecule has 0 spiro atoms. The van der Waals surface area contributed by atoms with Crippen molar-refractivity contribution in [1.82, 2.24) is 24.4 Å². The molecular weight excluding hydrogens is 549 g/mol. The number of hydrogen-bond donors (Lipinski definition) is 3. The molecule has 10 nitrogen and oxygen atoms in total. The number of aromatic amines is 1. The normalized spacial score (nSPS) is 19.1. The van der Waals surface area contributed by atoms with Crippen LogP contribution in [0.1, 0.15) is 16.8 Å². The molecule has 0 bridgehead atoms. The molecule has 2 aliphatic rings. The first-order chi connectivity index (χ1) is 19.7. The van der Waals surface area contributed by atoms with Crippen LogP contribution in [0.25, 0.3) is 44.1 Å². The zero-order valence-electron chi connectivity index (χ0n) is 22.6. The molecule has 0 radical (unpaired) electrons. The molecular formula is C29H27ClFN7O3. The molecule has 2 atom stereocenters. The number of carbonyl (C=O) groups is 1. The Bertz CT molecular complexity index is 1990. The van der Waals surface area contributed by atoms with E-state index in [0.717, 1.165) is 31.7 Å². The fourth-order valence-corrected chi connectivity index (χ4v) is 7.01. The van der Waals surface area contributed by atoms with Gasteiger partial charge in [0.1, 0.15) is 22.7 Å². The van der Waals surface area contributed by atoms with Gasteiger partial charge in [0, 0.05) is 80.9 Å². The van der Waals surface area contributed by atoms with Gasteiger partial charge in [-0.25, -0.2) is 19.2 Å². The molecule has 3 N–H and O–H groups in total. The third kappa shape index (κ3) is 3.72. The summed E-state index contributed by atoms with van der Waals surface area (Å²) in [7, 11) is 5.49. The van der Waals surface area contributed by atoms with Gasteiger partial charge < -0.3 is 29.8 Å². The molecule has 210 valence electrons. The molecule has 0 saturated carbocycles. The van der Waals surface area contributed by atoms with Gasteiger partial charge in [-0.3, -0.25) is 4.79 Å². The largest absolute Gasteiger partial charge is 0.477 e. The lowest BCUT2D eigenvalue weighted by Crippen LogP contribution is -2.35. The molecule has 6 heterocycles. The lowest BCUT2D eigenvalue weighted by molar-refractivity contribution is 0.0695. The van der Waals surface area contributed by atoms with Crippen LogP contribution in [0.15, 0.2) is 35.5 Å². The van der Waals surface area contributed by atoms with E-state index in [4.69, 9.17) is 16.6 Å². The number of likely N-dealkylation sites (tertiary alicyclic amines) is 1. The van der Waals surface area contributed by atoms with Crippen LogP contribution in [0, 0.1) is 11.7 Å². The zero-order chi connectivity index (χ0) is 28.7. The topological polar surface area (TPSA) is 119 Å². The molecule has 12 heteroatoms. The summed E-state index contributed by atoms with van der Waals surface area (Å²) in [6, 6.07) is 3.26. The summed E-state index contributed by atoms with van der Waals surface area (Å²) in [6.45, 7) is 2.65. The molecule has 0 amide bonds. The van der Waals surface area contributed by atoms with Crippen molar-refractivity contribution in [3.63, 3.8) is 0 Å². The Balaban J connectivity index is 1.57. The fraction of sp³-hybridized carbons (Fsp3) is 0.310. The van der Waals surface area contributed by atoms with Crippen molar-refractivity contribution in [2.45, 2.75) is 12.5 Å². The van der Waals surface area contributed by atoms with Gasteiger partial charge in [-0.2, -0.15) is 0 Å². The monoisotopic (exact) mass is 575 g/mol. The highest BCUT2D eigenvalue weighted by molar-refractivity contribution is 6.39. The maximum Gasteiger partial charge on any atom is 0.341 e. The Morgan fingerprint density at radius 1 is 1.20 bits per heavy atom. The Morgan fingerprint density at radius 2 is 2.00 bits per heavy atom. The summed E-state index contributed by atoms with van der Waals surface area (Å²) in [6.07, 6.45) is 5.68. The number of benzene rings is 1. The molecule has 5 aromatic rings. The van der Waals surface area contributed by atoms with Crippen molar-refractivity contribution in [3.8, 4) is 11.1 Å². The van der Waals surface area contributed by atoms with Crippen molar-refractivity contribution in [2.24, 2.45) is 13.0 Å². The number of aromatic nitrogens is 4. The number of likely N-dealkylation sites (N-methyl/N-ethyl adjacent to an activating group) is 1. The Morgan fingerprint density at radius 3 is 2.76 bits per heavy atom. The molecule has 2 unspecified atom stereocenters. The Kier molecular flexibility index (Phi) is 5.74. The minimum Gasteiger partial charge on any atom is -0.477 e. The Labute approximate surface area is 238 Å². The predicted molar refractivity (Wildman–Crippen MR) is 158 cm³/mol. The second-order valence-corrected chi connectivity index (χ2v) is 11.4. The third-order valence-corrected chi connectivity index (χ3v) is 8.97. The van der Waals surface area contributed by atoms with E-state index in [0.29, 0.717) is 50.3 Å². The van der Waals surface area contributed by atoms with Crippen molar-refractivity contribution < 1.29 is 14.3 Å². The highest BCUT2D eigenvalue weighted by Gasteiger charge is 2.42. The number of halogens is 2. The van der Waals surface area contributed by atoms with Crippen molar-refractivity contribution >= 4 is 61.9 Å². The van der Waals surface area contributed by atoms with Gasteiger partial charge >= 0.3 is 5.97 Å². The Hall–Kier alpha value is -4.22. The van der Waals surface area contributed by atoms with Gasteiger partial charge in [-0.05, 0) is 25.5 Å². The van der Waals surface area contributed by atoms with Crippen LogP contribution in [0.5, 0.6) is 0 Å². The smallest absolute Gasteiger partial charge is 0.341 e. The number of nitrogens with one attached hydrogen (secondary N) is 2. The second kappa shape index (κ2) is 9.15. The minimum atomic E-state index is -1.30. The first-order valence-corrected chi connectivity index (χ1v) is 13.7. The van der Waals surface area contributed by atoms with Gasteiger partial charge in [0.15, 0.2) is 0 Å². The molecule has 1 aromatic carbocycles. The number of fused-ring (bicyclic) bond motifs is 5. The standard InChI is InChI=1S/C29H27ClFN7O3/c1-32-19-7-18(31)23(30)21-22-25(38-5-4-13-10-36(2)12-20(13)38)16(9-33-27(22)35-24(19)21)14-6-15-26(39)17(29(40)41)11-37(3)28(15)34-8-14/h6-9,11,13,20,32H,4-5,10,12H2,1-3H3,(H,33,35)(H,40,41). The number of carboxylic acid groups (broad SMARTS) is 1. The fourth-order valence-electron chi connectivity index (χ4n) is 6.76. The summed E-state index contributed by atoms with van der Waals surface area (Å²) in [5.74, 6) is -1.37. The van der Waals surface area contributed by atoms with Crippen LogP contribution in [0.3, 0.4) is 0 Å². The summed E-state index contributed by atoms with van der Waals surface area (Å²) >= 11 is 6.66. The van der Waals surface area contributed by atoms with Crippen molar-refractivity contribution in [3.05, 3.63) is 57.3 Å². The molecule has 4 aromatic heterocycles. The van der Waals surface area contributed by atoms with Crippen LogP contribution in [0.2, 0.25) is 5.02 Å². The molecule has 2 fully saturated rings. The van der Waals surface area contributed by atoms with Gasteiger partial charge in [-0.1, -0.05) is 11.6 Å². The summed E-state index contributed by atoms with van der Waals surface area (Å²) in [4.78, 5) is 42.3. The number of aryl methyl sites for hydroxylation is 1. The van der Waals surface area contributed by atoms with Gasteiger partial charge in [0.05, 0.1) is 32.7 Å². The first-order valence-electron chi connectivity index (χ1n) is 13.4. The quantitative estimate of drug-likeness (QED) is 0.290. The van der Waals surface area contributed by atoms with E-state index >= 15 is 4.39 Å². The van der Waals surface area contributed by atoms with Crippen LogP contribution < -0.4 is 15.6 Å². The lowest BCUT2D eigenvalue weighted by atomic mass is 9.99. The molecule has 2 saturated heterocycles. The maximum atomic E-state index is 15.1. The van der Waals surface area contributed by atoms with Crippen molar-refractivity contribution in [1.29, 1.82) is 0 Å². The van der Waals surface area contributed by atoms with E-state index in [-0.39, 0.29) is 22.0 Å². The number of hydrogen-bond acceptors (Lipinski definition) is 7.